The summed E-state index contributed by atoms with van der Waals surface area (Å²) >= 11 is 11.7. The van der Waals surface area contributed by atoms with Crippen molar-refractivity contribution in [2.75, 3.05) is 0 Å². The van der Waals surface area contributed by atoms with E-state index in [2.05, 4.69) is 0 Å². The first-order valence-electron chi connectivity index (χ1n) is 6.05. The third-order valence-corrected chi connectivity index (χ3v) is 4.58. The molecule has 0 aliphatic carbocycles. The minimum Gasteiger partial charge on any atom is -0.258 e. The first-order chi connectivity index (χ1) is 10.7. The van der Waals surface area contributed by atoms with Crippen molar-refractivity contribution in [2.45, 2.75) is 4.90 Å². The van der Waals surface area contributed by atoms with Crippen molar-refractivity contribution >= 4 is 51.3 Å². The van der Waals surface area contributed by atoms with Crippen LogP contribution in [-0.2, 0) is 10.2 Å². The number of rotatable bonds is 4. The molecule has 0 saturated heterocycles. The molecule has 0 unspecified atom stereocenters. The van der Waals surface area contributed by atoms with Gasteiger partial charge in [0.1, 0.15) is 4.90 Å². The predicted octanol–water partition coefficient (Wildman–Crippen LogP) is 4.73. The maximum Gasteiger partial charge on any atom is 0.334 e. The van der Waals surface area contributed by atoms with Crippen LogP contribution in [0.1, 0.15) is 11.1 Å². The van der Waals surface area contributed by atoms with Crippen molar-refractivity contribution < 1.29 is 17.2 Å². The molecule has 0 bridgehead atoms. The summed E-state index contributed by atoms with van der Waals surface area (Å²) in [5.41, 5.74) is 0.260. The van der Waals surface area contributed by atoms with Gasteiger partial charge in [-0.2, -0.15) is 8.42 Å². The van der Waals surface area contributed by atoms with Gasteiger partial charge in [-0.25, -0.2) is 0 Å². The monoisotopic (exact) mass is 375 g/mol. The topological polar surface area (TPSA) is 77.3 Å². The van der Waals surface area contributed by atoms with E-state index in [-0.39, 0.29) is 21.3 Å². The van der Waals surface area contributed by atoms with Crippen LogP contribution in [0.2, 0.25) is 10.0 Å². The fourth-order valence-electron chi connectivity index (χ4n) is 1.86. The van der Waals surface area contributed by atoms with Crippen molar-refractivity contribution in [3.8, 4) is 0 Å². The third kappa shape index (κ3) is 4.07. The average molecular weight is 376 g/mol. The van der Waals surface area contributed by atoms with E-state index in [9.17, 15) is 22.4 Å². The third-order valence-electron chi connectivity index (χ3n) is 2.88. The molecular weight excluding hydrogens is 368 g/mol. The Bertz CT molecular complexity index is 913. The van der Waals surface area contributed by atoms with Gasteiger partial charge in [0.15, 0.2) is 0 Å². The van der Waals surface area contributed by atoms with Crippen LogP contribution in [0.5, 0.6) is 0 Å². The molecular formula is C14H8Cl2FNO4S. The summed E-state index contributed by atoms with van der Waals surface area (Å²) < 4.78 is 35.7. The second-order valence-electron chi connectivity index (χ2n) is 4.39. The molecule has 0 saturated carbocycles. The first-order valence-corrected chi connectivity index (χ1v) is 8.19. The lowest BCUT2D eigenvalue weighted by Crippen LogP contribution is -1.96. The smallest absolute Gasteiger partial charge is 0.258 e. The van der Waals surface area contributed by atoms with E-state index < -0.39 is 20.0 Å². The lowest BCUT2D eigenvalue weighted by molar-refractivity contribution is -0.384. The fraction of sp³-hybridized carbons (Fsp3) is 0. The second kappa shape index (κ2) is 6.66. The number of nitrogens with zero attached hydrogens (tertiary/aromatic N) is 1. The zero-order valence-corrected chi connectivity index (χ0v) is 13.6. The zero-order valence-electron chi connectivity index (χ0n) is 11.2. The summed E-state index contributed by atoms with van der Waals surface area (Å²) in [6.07, 6.45) is 2.72. The highest BCUT2D eigenvalue weighted by molar-refractivity contribution is 7.86. The molecule has 23 heavy (non-hydrogen) atoms. The Kier molecular flexibility index (Phi) is 5.03. The molecule has 9 heteroatoms. The second-order valence-corrected chi connectivity index (χ2v) is 6.49. The Balaban J connectivity index is 2.46. The van der Waals surface area contributed by atoms with Crippen molar-refractivity contribution in [1.82, 2.24) is 0 Å². The Labute approximate surface area is 141 Å². The molecule has 2 rings (SSSR count). The molecule has 2 aromatic rings. The SMILES string of the molecule is O=[N+]([O-])c1ccc(/C=C\c2cccc(Cl)c2S(=O)(=O)F)c(Cl)c1. The van der Waals surface area contributed by atoms with Gasteiger partial charge in [-0.05, 0) is 23.3 Å². The quantitative estimate of drug-likeness (QED) is 0.335. The number of halogens is 3. The molecule has 0 atom stereocenters. The van der Waals surface area contributed by atoms with Crippen LogP contribution < -0.4 is 0 Å². The van der Waals surface area contributed by atoms with E-state index in [0.717, 1.165) is 6.07 Å². The van der Waals surface area contributed by atoms with Crippen LogP contribution in [0.25, 0.3) is 12.2 Å². The van der Waals surface area contributed by atoms with Crippen LogP contribution in [0, 0.1) is 10.1 Å². The summed E-state index contributed by atoms with van der Waals surface area (Å²) in [6, 6.07) is 7.89. The number of nitro benzene ring substituents is 1. The summed E-state index contributed by atoms with van der Waals surface area (Å²) in [4.78, 5) is 9.41. The highest BCUT2D eigenvalue weighted by atomic mass is 35.5. The number of benzene rings is 2. The standard InChI is InChI=1S/C14H8Cl2FNO4S/c15-12-3-1-2-10(14(12)23(17,21)22)5-4-9-6-7-11(18(19)20)8-13(9)16/h1-8H/b5-4-. The fourth-order valence-corrected chi connectivity index (χ4v) is 3.27. The molecule has 0 fully saturated rings. The average Bonchev–Trinajstić information content (AvgIpc) is 2.44. The Morgan fingerprint density at radius 2 is 1.70 bits per heavy atom. The predicted molar refractivity (Wildman–Crippen MR) is 86.8 cm³/mol. The van der Waals surface area contributed by atoms with Gasteiger partial charge in [0.2, 0.25) is 0 Å². The lowest BCUT2D eigenvalue weighted by Gasteiger charge is -2.04. The van der Waals surface area contributed by atoms with Gasteiger partial charge in [-0.1, -0.05) is 47.5 Å². The van der Waals surface area contributed by atoms with Gasteiger partial charge >= 0.3 is 10.2 Å². The van der Waals surface area contributed by atoms with Gasteiger partial charge in [-0.3, -0.25) is 10.1 Å². The number of hydrogen-bond donors (Lipinski definition) is 0. The maximum atomic E-state index is 13.3. The molecule has 120 valence electrons. The Morgan fingerprint density at radius 1 is 1.04 bits per heavy atom. The minimum absolute atomic E-state index is 0.0365. The van der Waals surface area contributed by atoms with Crippen molar-refractivity contribution in [2.24, 2.45) is 0 Å². The molecule has 0 heterocycles. The van der Waals surface area contributed by atoms with E-state index in [1.54, 1.807) is 0 Å². The normalized spacial score (nSPS) is 11.8. The number of hydrogen-bond acceptors (Lipinski definition) is 4. The number of non-ortho nitro benzene ring substituents is 1. The van der Waals surface area contributed by atoms with E-state index in [1.807, 2.05) is 0 Å². The van der Waals surface area contributed by atoms with E-state index in [4.69, 9.17) is 23.2 Å². The van der Waals surface area contributed by atoms with Gasteiger partial charge in [0.25, 0.3) is 5.69 Å². The van der Waals surface area contributed by atoms with E-state index >= 15 is 0 Å². The molecule has 0 radical (unpaired) electrons. The molecule has 0 aliphatic heterocycles. The van der Waals surface area contributed by atoms with Gasteiger partial charge < -0.3 is 0 Å². The molecule has 0 N–H and O–H groups in total. The van der Waals surface area contributed by atoms with Crippen molar-refractivity contribution in [1.29, 1.82) is 0 Å². The van der Waals surface area contributed by atoms with Gasteiger partial charge in [0.05, 0.1) is 15.0 Å². The molecule has 0 aromatic heterocycles. The zero-order chi connectivity index (χ0) is 17.2. The van der Waals surface area contributed by atoms with Crippen LogP contribution in [-0.4, -0.2) is 13.3 Å². The van der Waals surface area contributed by atoms with Crippen LogP contribution >= 0.6 is 23.2 Å². The summed E-state index contributed by atoms with van der Waals surface area (Å²) in [7, 11) is -5.00. The van der Waals surface area contributed by atoms with Gasteiger partial charge in [-0.15, -0.1) is 3.89 Å². The summed E-state index contributed by atoms with van der Waals surface area (Å²) in [5.74, 6) is 0. The Hall–Kier alpha value is -1.96. The first kappa shape index (κ1) is 17.4. The Morgan fingerprint density at radius 3 is 2.26 bits per heavy atom. The van der Waals surface area contributed by atoms with Crippen molar-refractivity contribution in [3.05, 3.63) is 67.7 Å². The summed E-state index contributed by atoms with van der Waals surface area (Å²) in [5, 5.41) is 10.5. The highest BCUT2D eigenvalue weighted by Gasteiger charge is 2.20. The molecule has 0 amide bonds. The van der Waals surface area contributed by atoms with Crippen LogP contribution in [0.3, 0.4) is 0 Å². The molecule has 5 nitrogen and oxygen atoms in total. The molecule has 0 spiro atoms. The highest BCUT2D eigenvalue weighted by Crippen LogP contribution is 2.29. The van der Waals surface area contributed by atoms with Gasteiger partial charge in [0, 0.05) is 12.1 Å². The van der Waals surface area contributed by atoms with Crippen molar-refractivity contribution in [3.63, 3.8) is 0 Å². The largest absolute Gasteiger partial charge is 0.334 e. The molecule has 0 aliphatic rings. The van der Waals surface area contributed by atoms with Crippen LogP contribution in [0.4, 0.5) is 9.57 Å². The van der Waals surface area contributed by atoms with E-state index in [0.29, 0.717) is 5.56 Å². The minimum atomic E-state index is -5.00. The van der Waals surface area contributed by atoms with Crippen LogP contribution in [0.15, 0.2) is 41.3 Å². The maximum absolute atomic E-state index is 13.3. The van der Waals surface area contributed by atoms with E-state index in [1.165, 1.54) is 42.5 Å². The molecule has 2 aromatic carbocycles. The number of nitro groups is 1. The lowest BCUT2D eigenvalue weighted by atomic mass is 10.1. The summed E-state index contributed by atoms with van der Waals surface area (Å²) in [6.45, 7) is 0.